The number of allylic oxidation sites excluding steroid dienone is 1. The van der Waals surface area contributed by atoms with Gasteiger partial charge in [-0.1, -0.05) is 29.8 Å². The van der Waals surface area contributed by atoms with Gasteiger partial charge in [-0.2, -0.15) is 0 Å². The summed E-state index contributed by atoms with van der Waals surface area (Å²) in [6.07, 6.45) is 3.30. The van der Waals surface area contributed by atoms with Gasteiger partial charge in [0.2, 0.25) is 0 Å². The Morgan fingerprint density at radius 2 is 1.87 bits per heavy atom. The summed E-state index contributed by atoms with van der Waals surface area (Å²) in [6.45, 7) is 1.30. The molecule has 0 unspecified atom stereocenters. The van der Waals surface area contributed by atoms with Crippen molar-refractivity contribution in [1.29, 1.82) is 0 Å². The number of ketones is 1. The second-order valence-corrected chi connectivity index (χ2v) is 7.31. The van der Waals surface area contributed by atoms with Crippen molar-refractivity contribution in [2.45, 2.75) is 6.61 Å². The Bertz CT molecular complexity index is 1120. The summed E-state index contributed by atoms with van der Waals surface area (Å²) in [4.78, 5) is 12.6. The molecule has 1 heterocycles. The molecular formula is C25H21ClO5. The maximum atomic E-state index is 12.6. The molecule has 31 heavy (non-hydrogen) atoms. The van der Waals surface area contributed by atoms with Crippen LogP contribution in [0.25, 0.3) is 6.08 Å². The van der Waals surface area contributed by atoms with Crippen LogP contribution < -0.4 is 18.9 Å². The average molecular weight is 437 g/mol. The zero-order chi connectivity index (χ0) is 21.6. The van der Waals surface area contributed by atoms with E-state index in [1.54, 1.807) is 43.5 Å². The fourth-order valence-corrected chi connectivity index (χ4v) is 3.38. The lowest BCUT2D eigenvalue weighted by atomic mass is 10.1. The predicted molar refractivity (Wildman–Crippen MR) is 120 cm³/mol. The van der Waals surface area contributed by atoms with Gasteiger partial charge in [-0.15, -0.1) is 0 Å². The molecule has 1 aliphatic heterocycles. The largest absolute Gasteiger partial charge is 0.496 e. The Labute approximate surface area is 185 Å². The monoisotopic (exact) mass is 436 g/mol. The molecule has 0 aromatic heterocycles. The highest BCUT2D eigenvalue weighted by atomic mass is 35.5. The molecule has 0 atom stereocenters. The number of halogens is 1. The molecule has 0 fully saturated rings. The number of ether oxygens (including phenoxy) is 4. The minimum Gasteiger partial charge on any atom is -0.496 e. The summed E-state index contributed by atoms with van der Waals surface area (Å²) in [5.74, 6) is 2.51. The van der Waals surface area contributed by atoms with Gasteiger partial charge in [0.25, 0.3) is 0 Å². The number of benzene rings is 3. The van der Waals surface area contributed by atoms with Crippen LogP contribution in [0.3, 0.4) is 0 Å². The number of hydrogen-bond donors (Lipinski definition) is 0. The molecule has 1 aliphatic rings. The van der Waals surface area contributed by atoms with E-state index in [4.69, 9.17) is 30.5 Å². The first kappa shape index (κ1) is 20.8. The molecule has 0 radical (unpaired) electrons. The van der Waals surface area contributed by atoms with E-state index in [9.17, 15) is 4.79 Å². The molecule has 0 spiro atoms. The molecule has 5 nitrogen and oxygen atoms in total. The van der Waals surface area contributed by atoms with Crippen LogP contribution in [-0.2, 0) is 6.61 Å². The maximum Gasteiger partial charge on any atom is 0.185 e. The maximum absolute atomic E-state index is 12.6. The third-order valence-electron chi connectivity index (χ3n) is 4.75. The van der Waals surface area contributed by atoms with Crippen molar-refractivity contribution in [3.05, 3.63) is 88.5 Å². The van der Waals surface area contributed by atoms with Gasteiger partial charge >= 0.3 is 0 Å². The Morgan fingerprint density at radius 1 is 1.03 bits per heavy atom. The Kier molecular flexibility index (Phi) is 6.43. The summed E-state index contributed by atoms with van der Waals surface area (Å²) in [7, 11) is 1.61. The van der Waals surface area contributed by atoms with E-state index in [0.29, 0.717) is 53.4 Å². The lowest BCUT2D eigenvalue weighted by Gasteiger charge is -2.18. The van der Waals surface area contributed by atoms with Crippen LogP contribution in [0.15, 0.2) is 66.7 Å². The van der Waals surface area contributed by atoms with Gasteiger partial charge in [0.15, 0.2) is 17.3 Å². The lowest BCUT2D eigenvalue weighted by molar-refractivity contribution is 0.104. The number of carbonyl (C=O) groups is 1. The Morgan fingerprint density at radius 3 is 2.68 bits per heavy atom. The van der Waals surface area contributed by atoms with Gasteiger partial charge in [-0.25, -0.2) is 0 Å². The number of hydrogen-bond acceptors (Lipinski definition) is 5. The number of carbonyl (C=O) groups excluding carboxylic acids is 1. The highest BCUT2D eigenvalue weighted by Crippen LogP contribution is 2.31. The summed E-state index contributed by atoms with van der Waals surface area (Å²) in [5, 5.41) is 0.610. The van der Waals surface area contributed by atoms with Gasteiger partial charge in [0.05, 0.1) is 7.11 Å². The van der Waals surface area contributed by atoms with Crippen molar-refractivity contribution in [3.8, 4) is 23.0 Å². The van der Waals surface area contributed by atoms with E-state index in [-0.39, 0.29) is 5.78 Å². The molecule has 0 aliphatic carbocycles. The smallest absolute Gasteiger partial charge is 0.185 e. The first-order valence-electron chi connectivity index (χ1n) is 9.80. The van der Waals surface area contributed by atoms with Crippen LogP contribution >= 0.6 is 11.6 Å². The molecular weight excluding hydrogens is 416 g/mol. The highest BCUT2D eigenvalue weighted by Gasteiger charge is 2.14. The van der Waals surface area contributed by atoms with E-state index in [1.165, 1.54) is 6.08 Å². The van der Waals surface area contributed by atoms with Crippen LogP contribution in [-0.4, -0.2) is 26.1 Å². The van der Waals surface area contributed by atoms with E-state index in [2.05, 4.69) is 0 Å². The summed E-state index contributed by atoms with van der Waals surface area (Å²) in [6, 6.07) is 18.1. The predicted octanol–water partition coefficient (Wildman–Crippen LogP) is 5.59. The SMILES string of the molecule is COc1ccc(/C=C/C(=O)c2ccc3c(c2)OCCO3)cc1COc1cccc(Cl)c1. The molecule has 3 aromatic carbocycles. The Hall–Kier alpha value is -3.44. The van der Waals surface area contributed by atoms with E-state index in [0.717, 1.165) is 11.1 Å². The molecule has 0 amide bonds. The Balaban J connectivity index is 1.48. The van der Waals surface area contributed by atoms with Gasteiger partial charge in [-0.05, 0) is 60.2 Å². The van der Waals surface area contributed by atoms with Gasteiger partial charge in [-0.3, -0.25) is 4.79 Å². The quantitative estimate of drug-likeness (QED) is 0.356. The lowest BCUT2D eigenvalue weighted by Crippen LogP contribution is -2.15. The third-order valence-corrected chi connectivity index (χ3v) is 4.98. The number of methoxy groups -OCH3 is 1. The average Bonchev–Trinajstić information content (AvgIpc) is 2.81. The van der Waals surface area contributed by atoms with Crippen LogP contribution in [0.1, 0.15) is 21.5 Å². The zero-order valence-electron chi connectivity index (χ0n) is 17.0. The minimum absolute atomic E-state index is 0.121. The van der Waals surface area contributed by atoms with Gasteiger partial charge in [0.1, 0.15) is 31.3 Å². The molecule has 158 valence electrons. The zero-order valence-corrected chi connectivity index (χ0v) is 17.7. The number of rotatable bonds is 7. The third kappa shape index (κ3) is 5.19. The molecule has 0 bridgehead atoms. The first-order chi connectivity index (χ1) is 15.1. The van der Waals surface area contributed by atoms with Crippen LogP contribution in [0.4, 0.5) is 0 Å². The van der Waals surface area contributed by atoms with Crippen molar-refractivity contribution in [2.24, 2.45) is 0 Å². The van der Waals surface area contributed by atoms with Crippen molar-refractivity contribution in [3.63, 3.8) is 0 Å². The highest BCUT2D eigenvalue weighted by molar-refractivity contribution is 6.30. The van der Waals surface area contributed by atoms with Crippen molar-refractivity contribution < 1.29 is 23.7 Å². The molecule has 3 aromatic rings. The summed E-state index contributed by atoms with van der Waals surface area (Å²) >= 11 is 6.01. The second-order valence-electron chi connectivity index (χ2n) is 6.87. The van der Waals surface area contributed by atoms with Crippen LogP contribution in [0, 0.1) is 0 Å². The number of fused-ring (bicyclic) bond motifs is 1. The van der Waals surface area contributed by atoms with E-state index >= 15 is 0 Å². The molecule has 4 rings (SSSR count). The van der Waals surface area contributed by atoms with Crippen LogP contribution in [0.2, 0.25) is 5.02 Å². The van der Waals surface area contributed by atoms with Gasteiger partial charge < -0.3 is 18.9 Å². The van der Waals surface area contributed by atoms with E-state index < -0.39 is 0 Å². The van der Waals surface area contributed by atoms with Crippen molar-refractivity contribution in [2.75, 3.05) is 20.3 Å². The first-order valence-corrected chi connectivity index (χ1v) is 10.2. The van der Waals surface area contributed by atoms with Gasteiger partial charge in [0, 0.05) is 16.1 Å². The van der Waals surface area contributed by atoms with Crippen LogP contribution in [0.5, 0.6) is 23.0 Å². The topological polar surface area (TPSA) is 54.0 Å². The summed E-state index contributed by atoms with van der Waals surface area (Å²) < 4.78 is 22.3. The molecule has 0 saturated carbocycles. The summed E-state index contributed by atoms with van der Waals surface area (Å²) in [5.41, 5.74) is 2.26. The normalized spacial score (nSPS) is 12.6. The standard InChI is InChI=1S/C25H21ClO5/c1-28-23-9-6-17(13-19(23)16-31-21-4-2-3-20(26)15-21)5-8-22(27)18-7-10-24-25(14-18)30-12-11-29-24/h2-10,13-15H,11-12,16H2,1H3/b8-5+. The minimum atomic E-state index is -0.121. The van der Waals surface area contributed by atoms with Crippen molar-refractivity contribution in [1.82, 2.24) is 0 Å². The van der Waals surface area contributed by atoms with E-state index in [1.807, 2.05) is 30.3 Å². The fraction of sp³-hybridized carbons (Fsp3) is 0.160. The second kappa shape index (κ2) is 9.58. The molecule has 6 heteroatoms. The van der Waals surface area contributed by atoms with Crippen molar-refractivity contribution >= 4 is 23.5 Å². The molecule has 0 saturated heterocycles. The molecule has 0 N–H and O–H groups in total. The fourth-order valence-electron chi connectivity index (χ4n) is 3.20.